The molecule has 6 nitrogen and oxygen atoms in total. The van der Waals surface area contributed by atoms with E-state index < -0.39 is 0 Å². The van der Waals surface area contributed by atoms with Crippen LogP contribution >= 0.6 is 0 Å². The van der Waals surface area contributed by atoms with Gasteiger partial charge in [-0.25, -0.2) is 9.50 Å². The predicted octanol–water partition coefficient (Wildman–Crippen LogP) is 1.88. The first-order valence-electron chi connectivity index (χ1n) is 6.33. The van der Waals surface area contributed by atoms with Crippen molar-refractivity contribution in [3.63, 3.8) is 0 Å². The van der Waals surface area contributed by atoms with Gasteiger partial charge in [0.2, 0.25) is 0 Å². The first kappa shape index (κ1) is 12.6. The van der Waals surface area contributed by atoms with Crippen LogP contribution in [-0.4, -0.2) is 26.7 Å². The standard InChI is InChI=1S/C14H15N5O/c1-20-10-12-9-17-14-6-5-13(18-19(12)14)16-8-11-4-2-3-7-15-11/h2-7,9H,8,10H2,1H3,(H,16,18). The lowest BCUT2D eigenvalue weighted by atomic mass is 10.3. The van der Waals surface area contributed by atoms with E-state index in [1.54, 1.807) is 24.0 Å². The molecule has 1 N–H and O–H groups in total. The summed E-state index contributed by atoms with van der Waals surface area (Å²) in [5.74, 6) is 0.776. The zero-order valence-corrected chi connectivity index (χ0v) is 11.2. The lowest BCUT2D eigenvalue weighted by molar-refractivity contribution is 0.180. The Morgan fingerprint density at radius 2 is 2.15 bits per heavy atom. The molecule has 0 aromatic carbocycles. The van der Waals surface area contributed by atoms with E-state index >= 15 is 0 Å². The Balaban J connectivity index is 1.79. The number of ether oxygens (including phenoxy) is 1. The van der Waals surface area contributed by atoms with Crippen LogP contribution in [0.2, 0.25) is 0 Å². The summed E-state index contributed by atoms with van der Waals surface area (Å²) in [4.78, 5) is 8.54. The molecule has 3 aromatic heterocycles. The number of anilines is 1. The predicted molar refractivity (Wildman–Crippen MR) is 75.3 cm³/mol. The molecule has 0 aliphatic rings. The highest BCUT2D eigenvalue weighted by molar-refractivity contribution is 5.45. The summed E-state index contributed by atoms with van der Waals surface area (Å²) >= 11 is 0. The fourth-order valence-electron chi connectivity index (χ4n) is 1.95. The third-order valence-corrected chi connectivity index (χ3v) is 2.90. The van der Waals surface area contributed by atoms with Gasteiger partial charge in [-0.1, -0.05) is 6.07 Å². The van der Waals surface area contributed by atoms with Gasteiger partial charge >= 0.3 is 0 Å². The van der Waals surface area contributed by atoms with Crippen molar-refractivity contribution in [2.45, 2.75) is 13.2 Å². The maximum absolute atomic E-state index is 5.13. The topological polar surface area (TPSA) is 64.3 Å². The van der Waals surface area contributed by atoms with Crippen molar-refractivity contribution in [1.29, 1.82) is 0 Å². The molecule has 3 rings (SSSR count). The van der Waals surface area contributed by atoms with E-state index in [0.717, 1.165) is 22.9 Å². The SMILES string of the molecule is COCc1cnc2ccc(NCc3ccccn3)nn12. The van der Waals surface area contributed by atoms with Gasteiger partial charge in [-0.2, -0.15) is 0 Å². The second-order valence-corrected chi connectivity index (χ2v) is 4.35. The zero-order valence-electron chi connectivity index (χ0n) is 11.2. The van der Waals surface area contributed by atoms with Gasteiger partial charge < -0.3 is 10.1 Å². The summed E-state index contributed by atoms with van der Waals surface area (Å²) in [6.07, 6.45) is 3.55. The van der Waals surface area contributed by atoms with Gasteiger partial charge in [0.05, 0.1) is 30.7 Å². The van der Waals surface area contributed by atoms with Crippen LogP contribution in [0.5, 0.6) is 0 Å². The molecule has 0 aliphatic heterocycles. The van der Waals surface area contributed by atoms with Crippen LogP contribution in [0.3, 0.4) is 0 Å². The molecule has 3 aromatic rings. The van der Waals surface area contributed by atoms with E-state index in [9.17, 15) is 0 Å². The van der Waals surface area contributed by atoms with Gasteiger partial charge in [0.25, 0.3) is 0 Å². The number of nitrogens with one attached hydrogen (secondary N) is 1. The Morgan fingerprint density at radius 3 is 2.95 bits per heavy atom. The van der Waals surface area contributed by atoms with Crippen LogP contribution in [0, 0.1) is 0 Å². The van der Waals surface area contributed by atoms with E-state index in [1.165, 1.54) is 0 Å². The van der Waals surface area contributed by atoms with E-state index in [-0.39, 0.29) is 0 Å². The second kappa shape index (κ2) is 5.66. The summed E-state index contributed by atoms with van der Waals surface area (Å²) in [5, 5.41) is 7.75. The normalized spacial score (nSPS) is 10.8. The summed E-state index contributed by atoms with van der Waals surface area (Å²) in [6.45, 7) is 1.12. The van der Waals surface area contributed by atoms with Crippen molar-refractivity contribution in [2.75, 3.05) is 12.4 Å². The summed E-state index contributed by atoms with van der Waals surface area (Å²) in [6, 6.07) is 9.66. The molecule has 0 radical (unpaired) electrons. The van der Waals surface area contributed by atoms with E-state index in [0.29, 0.717) is 13.2 Å². The molecule has 0 saturated heterocycles. The quantitative estimate of drug-likeness (QED) is 0.766. The van der Waals surface area contributed by atoms with Crippen molar-refractivity contribution in [3.05, 3.63) is 54.1 Å². The van der Waals surface area contributed by atoms with Gasteiger partial charge in [0.1, 0.15) is 5.82 Å². The summed E-state index contributed by atoms with van der Waals surface area (Å²) < 4.78 is 6.91. The van der Waals surface area contributed by atoms with Gasteiger partial charge in [0.15, 0.2) is 5.65 Å². The number of nitrogens with zero attached hydrogens (tertiary/aromatic N) is 4. The minimum Gasteiger partial charge on any atom is -0.378 e. The highest BCUT2D eigenvalue weighted by Crippen LogP contribution is 2.10. The van der Waals surface area contributed by atoms with Crippen molar-refractivity contribution in [3.8, 4) is 0 Å². The van der Waals surface area contributed by atoms with Gasteiger partial charge in [-0.05, 0) is 24.3 Å². The number of pyridine rings is 1. The second-order valence-electron chi connectivity index (χ2n) is 4.35. The lowest BCUT2D eigenvalue weighted by Crippen LogP contribution is -2.06. The van der Waals surface area contributed by atoms with E-state index in [2.05, 4.69) is 20.4 Å². The van der Waals surface area contributed by atoms with Gasteiger partial charge in [-0.15, -0.1) is 5.10 Å². The highest BCUT2D eigenvalue weighted by atomic mass is 16.5. The Labute approximate surface area is 116 Å². The molecule has 6 heteroatoms. The summed E-state index contributed by atoms with van der Waals surface area (Å²) in [5.41, 5.74) is 2.70. The molecule has 0 unspecified atom stereocenters. The summed E-state index contributed by atoms with van der Waals surface area (Å²) in [7, 11) is 1.66. The van der Waals surface area contributed by atoms with E-state index in [4.69, 9.17) is 4.74 Å². The van der Waals surface area contributed by atoms with Crippen LogP contribution in [0.15, 0.2) is 42.7 Å². The molecule has 0 bridgehead atoms. The molecular weight excluding hydrogens is 254 g/mol. The third-order valence-electron chi connectivity index (χ3n) is 2.90. The average Bonchev–Trinajstić information content (AvgIpc) is 2.89. The highest BCUT2D eigenvalue weighted by Gasteiger charge is 2.05. The number of aromatic nitrogens is 4. The molecule has 20 heavy (non-hydrogen) atoms. The third kappa shape index (κ3) is 2.60. The molecule has 3 heterocycles. The van der Waals surface area contributed by atoms with Crippen LogP contribution in [-0.2, 0) is 17.9 Å². The van der Waals surface area contributed by atoms with Gasteiger partial charge in [0, 0.05) is 13.3 Å². The number of methoxy groups -OCH3 is 1. The Morgan fingerprint density at radius 1 is 1.20 bits per heavy atom. The van der Waals surface area contributed by atoms with Crippen LogP contribution < -0.4 is 5.32 Å². The fraction of sp³-hybridized carbons (Fsp3) is 0.214. The number of hydrogen-bond acceptors (Lipinski definition) is 5. The van der Waals surface area contributed by atoms with Crippen LogP contribution in [0.1, 0.15) is 11.4 Å². The zero-order chi connectivity index (χ0) is 13.8. The Kier molecular flexibility index (Phi) is 3.56. The molecule has 0 saturated carbocycles. The molecular formula is C14H15N5O. The number of fused-ring (bicyclic) bond motifs is 1. The van der Waals surface area contributed by atoms with Crippen molar-refractivity contribution >= 4 is 11.5 Å². The first-order chi connectivity index (χ1) is 9.86. The van der Waals surface area contributed by atoms with Crippen LogP contribution in [0.25, 0.3) is 5.65 Å². The molecule has 0 spiro atoms. The molecule has 102 valence electrons. The smallest absolute Gasteiger partial charge is 0.154 e. The lowest BCUT2D eigenvalue weighted by Gasteiger charge is -2.06. The first-order valence-corrected chi connectivity index (χ1v) is 6.33. The fourth-order valence-corrected chi connectivity index (χ4v) is 1.95. The minimum atomic E-state index is 0.484. The minimum absolute atomic E-state index is 0.484. The Bertz CT molecular complexity index is 695. The molecule has 0 aliphatic carbocycles. The monoisotopic (exact) mass is 269 g/mol. The maximum atomic E-state index is 5.13. The Hall–Kier alpha value is -2.47. The van der Waals surface area contributed by atoms with Crippen molar-refractivity contribution in [1.82, 2.24) is 19.6 Å². The van der Waals surface area contributed by atoms with Crippen molar-refractivity contribution in [2.24, 2.45) is 0 Å². The number of hydrogen-bond donors (Lipinski definition) is 1. The van der Waals surface area contributed by atoms with Crippen LogP contribution in [0.4, 0.5) is 5.82 Å². The van der Waals surface area contributed by atoms with Crippen molar-refractivity contribution < 1.29 is 4.74 Å². The number of rotatable bonds is 5. The molecule has 0 amide bonds. The largest absolute Gasteiger partial charge is 0.378 e. The maximum Gasteiger partial charge on any atom is 0.154 e. The van der Waals surface area contributed by atoms with E-state index in [1.807, 2.05) is 30.3 Å². The van der Waals surface area contributed by atoms with Gasteiger partial charge in [-0.3, -0.25) is 4.98 Å². The molecule has 0 fully saturated rings. The molecule has 0 atom stereocenters. The number of imidazole rings is 1. The average molecular weight is 269 g/mol.